The fourth-order valence-electron chi connectivity index (χ4n) is 2.04. The van der Waals surface area contributed by atoms with Gasteiger partial charge >= 0.3 is 0 Å². The van der Waals surface area contributed by atoms with Crippen LogP contribution >= 0.6 is 15.9 Å². The monoisotopic (exact) mass is 321 g/mol. The first kappa shape index (κ1) is 12.2. The number of aromatic nitrogens is 3. The van der Waals surface area contributed by atoms with Gasteiger partial charge in [-0.15, -0.1) is 0 Å². The number of hydrogen-bond acceptors (Lipinski definition) is 5. The zero-order chi connectivity index (χ0) is 13.4. The second-order valence-electron chi connectivity index (χ2n) is 4.25. The third-order valence-electron chi connectivity index (χ3n) is 3.01. The SMILES string of the molecule is Cc1nc2c(c(N)c1Cn1ccc(Br)n1)=CCON=2. The molecule has 3 heterocycles. The van der Waals surface area contributed by atoms with Crippen LogP contribution in [0.3, 0.4) is 0 Å². The minimum Gasteiger partial charge on any atom is -0.398 e. The second-order valence-corrected chi connectivity index (χ2v) is 5.07. The summed E-state index contributed by atoms with van der Waals surface area (Å²) in [7, 11) is 0. The van der Waals surface area contributed by atoms with E-state index in [-0.39, 0.29) is 0 Å². The lowest BCUT2D eigenvalue weighted by atomic mass is 10.1. The molecular weight excluding hydrogens is 310 g/mol. The van der Waals surface area contributed by atoms with Crippen LogP contribution in [0, 0.1) is 6.92 Å². The van der Waals surface area contributed by atoms with Crippen molar-refractivity contribution in [3.8, 4) is 0 Å². The molecule has 0 bridgehead atoms. The summed E-state index contributed by atoms with van der Waals surface area (Å²) in [6.45, 7) is 2.92. The van der Waals surface area contributed by atoms with E-state index in [1.54, 1.807) is 0 Å². The van der Waals surface area contributed by atoms with Gasteiger partial charge in [0.2, 0.25) is 5.49 Å². The fraction of sp³-hybridized carbons (Fsp3) is 0.250. The second kappa shape index (κ2) is 4.65. The van der Waals surface area contributed by atoms with E-state index >= 15 is 0 Å². The lowest BCUT2D eigenvalue weighted by Crippen LogP contribution is -2.36. The molecule has 2 aromatic heterocycles. The van der Waals surface area contributed by atoms with Gasteiger partial charge in [-0.05, 0) is 35.0 Å². The Labute approximate surface area is 117 Å². The van der Waals surface area contributed by atoms with Crippen LogP contribution in [0.4, 0.5) is 5.69 Å². The van der Waals surface area contributed by atoms with Gasteiger partial charge in [-0.3, -0.25) is 4.68 Å². The first-order valence-electron chi connectivity index (χ1n) is 5.79. The highest BCUT2D eigenvalue weighted by atomic mass is 79.9. The number of fused-ring (bicyclic) bond motifs is 1. The Hall–Kier alpha value is -1.89. The third kappa shape index (κ3) is 2.21. The summed E-state index contributed by atoms with van der Waals surface area (Å²) in [5.74, 6) is 0. The molecule has 0 amide bonds. The van der Waals surface area contributed by atoms with Gasteiger partial charge < -0.3 is 10.6 Å². The van der Waals surface area contributed by atoms with Crippen molar-refractivity contribution >= 4 is 27.7 Å². The van der Waals surface area contributed by atoms with Crippen LogP contribution in [-0.4, -0.2) is 21.4 Å². The van der Waals surface area contributed by atoms with Crippen LogP contribution in [-0.2, 0) is 11.4 Å². The van der Waals surface area contributed by atoms with E-state index in [0.717, 1.165) is 21.1 Å². The topological polar surface area (TPSA) is 78.3 Å². The average Bonchev–Trinajstić information content (AvgIpc) is 2.80. The summed E-state index contributed by atoms with van der Waals surface area (Å²) in [6, 6.07) is 1.88. The van der Waals surface area contributed by atoms with Crippen molar-refractivity contribution in [1.82, 2.24) is 14.8 Å². The molecule has 3 rings (SSSR count). The van der Waals surface area contributed by atoms with Crippen molar-refractivity contribution < 1.29 is 4.84 Å². The van der Waals surface area contributed by atoms with Gasteiger partial charge in [0.25, 0.3) is 0 Å². The van der Waals surface area contributed by atoms with E-state index in [2.05, 4.69) is 31.2 Å². The molecule has 98 valence electrons. The predicted octanol–water partition coefficient (Wildman–Crippen LogP) is 0.325. The van der Waals surface area contributed by atoms with Crippen LogP contribution in [0.25, 0.3) is 6.08 Å². The highest BCUT2D eigenvalue weighted by Gasteiger charge is 2.11. The molecule has 19 heavy (non-hydrogen) atoms. The van der Waals surface area contributed by atoms with Crippen molar-refractivity contribution in [1.29, 1.82) is 0 Å². The molecule has 0 atom stereocenters. The van der Waals surface area contributed by atoms with Crippen molar-refractivity contribution in [2.24, 2.45) is 5.16 Å². The largest absolute Gasteiger partial charge is 0.398 e. The van der Waals surface area contributed by atoms with Crippen molar-refractivity contribution in [3.63, 3.8) is 0 Å². The third-order valence-corrected chi connectivity index (χ3v) is 3.43. The van der Waals surface area contributed by atoms with Gasteiger partial charge in [-0.1, -0.05) is 5.16 Å². The summed E-state index contributed by atoms with van der Waals surface area (Å²) in [6.07, 6.45) is 3.78. The van der Waals surface area contributed by atoms with E-state index < -0.39 is 0 Å². The van der Waals surface area contributed by atoms with Crippen LogP contribution < -0.4 is 16.4 Å². The number of rotatable bonds is 2. The number of nitrogen functional groups attached to an aromatic ring is 1. The zero-order valence-corrected chi connectivity index (χ0v) is 11.9. The molecular formula is C12H12BrN5O. The van der Waals surface area contributed by atoms with Crippen molar-refractivity contribution in [3.05, 3.63) is 38.8 Å². The molecule has 1 aliphatic rings. The number of nitrogens with zero attached hydrogens (tertiary/aromatic N) is 4. The maximum Gasteiger partial charge on any atom is 0.200 e. The van der Waals surface area contributed by atoms with Crippen molar-refractivity contribution in [2.75, 3.05) is 12.3 Å². The highest BCUT2D eigenvalue weighted by Crippen LogP contribution is 2.13. The summed E-state index contributed by atoms with van der Waals surface area (Å²) in [5.41, 5.74) is 9.26. The molecule has 0 unspecified atom stereocenters. The fourth-order valence-corrected chi connectivity index (χ4v) is 2.36. The van der Waals surface area contributed by atoms with E-state index in [1.165, 1.54) is 0 Å². The minimum absolute atomic E-state index is 0.425. The van der Waals surface area contributed by atoms with Gasteiger partial charge in [-0.25, -0.2) is 4.98 Å². The quantitative estimate of drug-likeness (QED) is 0.864. The Morgan fingerprint density at radius 2 is 2.37 bits per heavy atom. The Balaban J connectivity index is 2.12. The lowest BCUT2D eigenvalue weighted by Gasteiger charge is -2.11. The molecule has 2 N–H and O–H groups in total. The number of anilines is 1. The van der Waals surface area contributed by atoms with Crippen LogP contribution in [0.2, 0.25) is 0 Å². The number of pyridine rings is 1. The Morgan fingerprint density at radius 3 is 3.11 bits per heavy atom. The number of halogens is 1. The molecule has 2 aromatic rings. The van der Waals surface area contributed by atoms with Gasteiger partial charge in [0.15, 0.2) is 0 Å². The summed E-state index contributed by atoms with van der Waals surface area (Å²) in [4.78, 5) is 9.42. The first-order valence-corrected chi connectivity index (χ1v) is 6.58. The first-order chi connectivity index (χ1) is 9.15. The van der Waals surface area contributed by atoms with Crippen LogP contribution in [0.1, 0.15) is 11.3 Å². The van der Waals surface area contributed by atoms with Crippen molar-refractivity contribution in [2.45, 2.75) is 13.5 Å². The molecule has 6 nitrogen and oxygen atoms in total. The normalized spacial score (nSPS) is 13.2. The minimum atomic E-state index is 0.425. The van der Waals surface area contributed by atoms with Crippen LogP contribution in [0.5, 0.6) is 0 Å². The molecule has 1 aliphatic heterocycles. The highest BCUT2D eigenvalue weighted by molar-refractivity contribution is 9.10. The summed E-state index contributed by atoms with van der Waals surface area (Å²) < 4.78 is 2.61. The van der Waals surface area contributed by atoms with Gasteiger partial charge in [-0.2, -0.15) is 5.10 Å². The van der Waals surface area contributed by atoms with E-state index in [0.29, 0.717) is 24.3 Å². The number of hydrogen-bond donors (Lipinski definition) is 1. The Kier molecular flexibility index (Phi) is 2.98. The van der Waals surface area contributed by atoms with Crippen LogP contribution in [0.15, 0.2) is 22.0 Å². The molecule has 0 aromatic carbocycles. The predicted molar refractivity (Wildman–Crippen MR) is 73.6 cm³/mol. The average molecular weight is 322 g/mol. The Bertz CT molecular complexity index is 752. The molecule has 0 saturated carbocycles. The maximum atomic E-state index is 6.22. The molecule has 0 radical (unpaired) electrons. The van der Waals surface area contributed by atoms with E-state index in [1.807, 2.05) is 29.9 Å². The molecule has 0 aliphatic carbocycles. The standard InChI is InChI=1S/C12H12BrN5O/c1-7-9(6-18-4-2-10(13)16-18)11(14)8-3-5-19-17-12(8)15-7/h2-4H,5-6,14H2,1H3. The number of nitrogens with two attached hydrogens (primary N) is 1. The van der Waals surface area contributed by atoms with Gasteiger partial charge in [0, 0.05) is 28.4 Å². The maximum absolute atomic E-state index is 6.22. The molecule has 7 heteroatoms. The zero-order valence-electron chi connectivity index (χ0n) is 10.3. The lowest BCUT2D eigenvalue weighted by molar-refractivity contribution is 0.163. The molecule has 0 spiro atoms. The number of aryl methyl sites for hydroxylation is 1. The van der Waals surface area contributed by atoms with Gasteiger partial charge in [0.05, 0.1) is 6.54 Å². The van der Waals surface area contributed by atoms with E-state index in [9.17, 15) is 0 Å². The molecule has 0 fully saturated rings. The molecule has 0 saturated heterocycles. The summed E-state index contributed by atoms with van der Waals surface area (Å²) in [5, 5.41) is 9.05. The Morgan fingerprint density at radius 1 is 1.53 bits per heavy atom. The summed E-state index contributed by atoms with van der Waals surface area (Å²) >= 11 is 3.33. The van der Waals surface area contributed by atoms with E-state index in [4.69, 9.17) is 10.6 Å². The van der Waals surface area contributed by atoms with Gasteiger partial charge in [0.1, 0.15) is 11.2 Å². The smallest absolute Gasteiger partial charge is 0.200 e.